The van der Waals surface area contributed by atoms with Gasteiger partial charge in [0.05, 0.1) is 16.8 Å². The third kappa shape index (κ3) is 5.49. The SMILES string of the molecule is CC1(C)c2ccccc2-c2c(N(c3ccc4c(c3)C(c3ccccc3)(c3ccccc3)c3ccccc3-4)c3ccccc3-c3cccc4cccc(-c5ccccc5)c34)cccc21. The van der Waals surface area contributed by atoms with E-state index in [0.717, 1.165) is 11.4 Å². The number of para-hydroxylation sites is 1. The molecule has 0 atom stereocenters. The van der Waals surface area contributed by atoms with Gasteiger partial charge >= 0.3 is 0 Å². The summed E-state index contributed by atoms with van der Waals surface area (Å²) in [5, 5.41) is 2.47. The zero-order chi connectivity index (χ0) is 42.1. The van der Waals surface area contributed by atoms with E-state index in [2.05, 4.69) is 255 Å². The normalized spacial score (nSPS) is 13.8. The van der Waals surface area contributed by atoms with Gasteiger partial charge in [-0.1, -0.05) is 226 Å². The van der Waals surface area contributed by atoms with Gasteiger partial charge in [0.1, 0.15) is 0 Å². The van der Waals surface area contributed by atoms with E-state index in [-0.39, 0.29) is 5.41 Å². The Hall–Kier alpha value is -7.74. The van der Waals surface area contributed by atoms with E-state index in [4.69, 9.17) is 0 Å². The van der Waals surface area contributed by atoms with Crippen LogP contribution >= 0.6 is 0 Å². The first-order valence-electron chi connectivity index (χ1n) is 22.1. The molecule has 12 rings (SSSR count). The highest BCUT2D eigenvalue weighted by atomic mass is 15.1. The molecule has 0 aliphatic heterocycles. The Morgan fingerprint density at radius 2 is 0.841 bits per heavy atom. The zero-order valence-electron chi connectivity index (χ0n) is 35.5. The summed E-state index contributed by atoms with van der Waals surface area (Å²) in [5.74, 6) is 0. The molecule has 298 valence electrons. The number of nitrogens with zero attached hydrogens (tertiary/aromatic N) is 1. The molecular formula is C62H45N. The van der Waals surface area contributed by atoms with Gasteiger partial charge < -0.3 is 4.90 Å². The van der Waals surface area contributed by atoms with Crippen molar-refractivity contribution in [2.45, 2.75) is 24.7 Å². The minimum Gasteiger partial charge on any atom is -0.309 e. The molecule has 1 nitrogen and oxygen atoms in total. The van der Waals surface area contributed by atoms with E-state index >= 15 is 0 Å². The second-order valence-corrected chi connectivity index (χ2v) is 17.6. The Balaban J connectivity index is 1.18. The molecule has 2 aliphatic rings. The highest BCUT2D eigenvalue weighted by Gasteiger charge is 2.46. The minimum atomic E-state index is -0.539. The van der Waals surface area contributed by atoms with Crippen molar-refractivity contribution in [1.29, 1.82) is 0 Å². The molecular weight excluding hydrogens is 759 g/mol. The van der Waals surface area contributed by atoms with Gasteiger partial charge in [-0.05, 0) is 102 Å². The Bertz CT molecular complexity index is 3320. The van der Waals surface area contributed by atoms with Gasteiger partial charge in [0.2, 0.25) is 0 Å². The van der Waals surface area contributed by atoms with Crippen molar-refractivity contribution in [2.24, 2.45) is 0 Å². The van der Waals surface area contributed by atoms with Crippen molar-refractivity contribution in [1.82, 2.24) is 0 Å². The lowest BCUT2D eigenvalue weighted by atomic mass is 9.67. The average Bonchev–Trinajstić information content (AvgIpc) is 3.78. The van der Waals surface area contributed by atoms with E-state index in [0.29, 0.717) is 0 Å². The maximum absolute atomic E-state index is 2.57. The van der Waals surface area contributed by atoms with Crippen LogP contribution in [0.4, 0.5) is 17.1 Å². The van der Waals surface area contributed by atoms with Crippen molar-refractivity contribution in [3.05, 3.63) is 270 Å². The number of fused-ring (bicyclic) bond motifs is 7. The number of benzene rings is 10. The third-order valence-electron chi connectivity index (χ3n) is 14.0. The summed E-state index contributed by atoms with van der Waals surface area (Å²) in [6.45, 7) is 4.75. The summed E-state index contributed by atoms with van der Waals surface area (Å²) in [6.07, 6.45) is 0. The van der Waals surface area contributed by atoms with Crippen LogP contribution in [0.25, 0.3) is 55.3 Å². The van der Waals surface area contributed by atoms with Crippen LogP contribution in [0, 0.1) is 0 Å². The van der Waals surface area contributed by atoms with Crippen molar-refractivity contribution in [2.75, 3.05) is 4.90 Å². The molecule has 1 heteroatoms. The highest BCUT2D eigenvalue weighted by molar-refractivity contribution is 6.09. The molecule has 0 saturated heterocycles. The maximum atomic E-state index is 2.57. The molecule has 0 N–H and O–H groups in total. The molecule has 2 aliphatic carbocycles. The second kappa shape index (κ2) is 14.4. The number of hydrogen-bond acceptors (Lipinski definition) is 1. The smallest absolute Gasteiger partial charge is 0.0714 e. The standard InChI is InChI=1S/C62H45N/c1-61(2)53-34-15-13-31-52(53)60-55(61)36-20-38-58(60)63(57-37-17-14-30-50(57)51-33-19-24-43-23-18-32-47(59(43)51)42-21-6-3-7-22-42)46-39-40-49-48-29-12-16-35-54(48)62(56(49)41-46,44-25-8-4-9-26-44)45-27-10-5-11-28-45/h3-41H,1-2H3. The van der Waals surface area contributed by atoms with Crippen LogP contribution in [0.5, 0.6) is 0 Å². The zero-order valence-corrected chi connectivity index (χ0v) is 35.5. The summed E-state index contributed by atoms with van der Waals surface area (Å²) in [6, 6.07) is 87.9. The van der Waals surface area contributed by atoms with Crippen molar-refractivity contribution < 1.29 is 0 Å². The van der Waals surface area contributed by atoms with Gasteiger partial charge in [-0.25, -0.2) is 0 Å². The van der Waals surface area contributed by atoms with E-state index in [1.54, 1.807) is 0 Å². The highest BCUT2D eigenvalue weighted by Crippen LogP contribution is 2.59. The van der Waals surface area contributed by atoms with Crippen molar-refractivity contribution in [3.8, 4) is 44.5 Å². The molecule has 10 aromatic carbocycles. The van der Waals surface area contributed by atoms with Crippen LogP contribution in [-0.2, 0) is 10.8 Å². The summed E-state index contributed by atoms with van der Waals surface area (Å²) >= 11 is 0. The van der Waals surface area contributed by atoms with Crippen LogP contribution in [-0.4, -0.2) is 0 Å². The van der Waals surface area contributed by atoms with Gasteiger partial charge in [-0.3, -0.25) is 0 Å². The van der Waals surface area contributed by atoms with Crippen molar-refractivity contribution >= 4 is 27.8 Å². The van der Waals surface area contributed by atoms with Gasteiger partial charge in [-0.15, -0.1) is 0 Å². The molecule has 0 radical (unpaired) electrons. The lowest BCUT2D eigenvalue weighted by molar-refractivity contribution is 0.660. The first-order valence-corrected chi connectivity index (χ1v) is 22.1. The third-order valence-corrected chi connectivity index (χ3v) is 14.0. The summed E-state index contributed by atoms with van der Waals surface area (Å²) in [4.78, 5) is 2.57. The predicted molar refractivity (Wildman–Crippen MR) is 264 cm³/mol. The second-order valence-electron chi connectivity index (χ2n) is 17.6. The first-order chi connectivity index (χ1) is 31.0. The fourth-order valence-corrected chi connectivity index (χ4v) is 11.2. The fourth-order valence-electron chi connectivity index (χ4n) is 11.2. The van der Waals surface area contributed by atoms with Crippen LogP contribution in [0.15, 0.2) is 237 Å². The van der Waals surface area contributed by atoms with Crippen molar-refractivity contribution in [3.63, 3.8) is 0 Å². The molecule has 0 aromatic heterocycles. The largest absolute Gasteiger partial charge is 0.309 e. The molecule has 0 saturated carbocycles. The Kier molecular flexibility index (Phi) is 8.49. The predicted octanol–water partition coefficient (Wildman–Crippen LogP) is 16.3. The summed E-state index contributed by atoms with van der Waals surface area (Å²) < 4.78 is 0. The monoisotopic (exact) mass is 803 g/mol. The quantitative estimate of drug-likeness (QED) is 0.155. The summed E-state index contributed by atoms with van der Waals surface area (Å²) in [7, 11) is 0. The Labute approximate surface area is 370 Å². The molecule has 0 spiro atoms. The van der Waals surface area contributed by atoms with Gasteiger partial charge in [0, 0.05) is 22.2 Å². The summed E-state index contributed by atoms with van der Waals surface area (Å²) in [5.41, 5.74) is 20.5. The minimum absolute atomic E-state index is 0.164. The molecule has 0 unspecified atom stereocenters. The topological polar surface area (TPSA) is 3.24 Å². The van der Waals surface area contributed by atoms with E-state index < -0.39 is 5.41 Å². The number of rotatable bonds is 7. The lowest BCUT2D eigenvalue weighted by Gasteiger charge is -2.35. The molecule has 63 heavy (non-hydrogen) atoms. The average molecular weight is 804 g/mol. The van der Waals surface area contributed by atoms with Gasteiger partial charge in [-0.2, -0.15) is 0 Å². The molecule has 0 bridgehead atoms. The lowest BCUT2D eigenvalue weighted by Crippen LogP contribution is -2.28. The maximum Gasteiger partial charge on any atom is 0.0714 e. The fraction of sp³-hybridized carbons (Fsp3) is 0.0645. The first kappa shape index (κ1) is 37.1. The van der Waals surface area contributed by atoms with Crippen LogP contribution in [0.1, 0.15) is 47.2 Å². The Morgan fingerprint density at radius 1 is 0.333 bits per heavy atom. The molecule has 10 aromatic rings. The van der Waals surface area contributed by atoms with Crippen LogP contribution in [0.3, 0.4) is 0 Å². The van der Waals surface area contributed by atoms with Gasteiger partial charge in [0.15, 0.2) is 0 Å². The Morgan fingerprint density at radius 3 is 1.56 bits per heavy atom. The molecule has 0 heterocycles. The number of hydrogen-bond donors (Lipinski definition) is 0. The van der Waals surface area contributed by atoms with E-state index in [9.17, 15) is 0 Å². The van der Waals surface area contributed by atoms with E-state index in [1.165, 1.54) is 94.3 Å². The van der Waals surface area contributed by atoms with Crippen LogP contribution in [0.2, 0.25) is 0 Å². The molecule has 0 fully saturated rings. The van der Waals surface area contributed by atoms with E-state index in [1.807, 2.05) is 0 Å². The van der Waals surface area contributed by atoms with Crippen LogP contribution < -0.4 is 4.90 Å². The number of anilines is 3. The van der Waals surface area contributed by atoms with Gasteiger partial charge in [0.25, 0.3) is 0 Å². The molecule has 0 amide bonds.